The highest BCUT2D eigenvalue weighted by Crippen LogP contribution is 2.34. The maximum atomic E-state index is 12.8. The summed E-state index contributed by atoms with van der Waals surface area (Å²) in [5.74, 6) is 1.37. The molecule has 24 heavy (non-hydrogen) atoms. The van der Waals surface area contributed by atoms with E-state index in [1.807, 2.05) is 17.0 Å². The van der Waals surface area contributed by atoms with Gasteiger partial charge in [-0.3, -0.25) is 9.59 Å². The summed E-state index contributed by atoms with van der Waals surface area (Å²) in [4.78, 5) is 28.2. The van der Waals surface area contributed by atoms with E-state index in [9.17, 15) is 9.59 Å². The normalized spacial score (nSPS) is 20.6. The van der Waals surface area contributed by atoms with E-state index < -0.39 is 0 Å². The summed E-state index contributed by atoms with van der Waals surface area (Å²) >= 11 is 0. The van der Waals surface area contributed by atoms with Crippen LogP contribution in [0.25, 0.3) is 0 Å². The third-order valence-corrected chi connectivity index (χ3v) is 5.04. The van der Waals surface area contributed by atoms with E-state index in [0.717, 1.165) is 24.2 Å². The quantitative estimate of drug-likeness (QED) is 0.841. The number of carbonyl (C=O) groups is 2. The molecule has 0 bridgehead atoms. The van der Waals surface area contributed by atoms with Gasteiger partial charge >= 0.3 is 0 Å². The van der Waals surface area contributed by atoms with Crippen LogP contribution in [0.3, 0.4) is 0 Å². The number of rotatable bonds is 3. The fraction of sp³-hybridized carbons (Fsp3) is 0.556. The first-order valence-electron chi connectivity index (χ1n) is 8.30. The third-order valence-electron chi connectivity index (χ3n) is 5.04. The fourth-order valence-electron chi connectivity index (χ4n) is 3.48. The smallest absolute Gasteiger partial charge is 0.226 e. The molecule has 0 aliphatic carbocycles. The summed E-state index contributed by atoms with van der Waals surface area (Å²) in [6, 6.07) is 3.95. The van der Waals surface area contributed by atoms with Crippen molar-refractivity contribution in [3.05, 3.63) is 23.3 Å². The summed E-state index contributed by atoms with van der Waals surface area (Å²) in [7, 11) is 5.03. The van der Waals surface area contributed by atoms with Crippen molar-refractivity contribution < 1.29 is 19.1 Å². The number of nitrogens with zero attached hydrogens (tertiary/aromatic N) is 2. The lowest BCUT2D eigenvalue weighted by Gasteiger charge is -2.35. The van der Waals surface area contributed by atoms with Gasteiger partial charge in [-0.25, -0.2) is 0 Å². The monoisotopic (exact) mass is 332 g/mol. The molecule has 1 atom stereocenters. The van der Waals surface area contributed by atoms with Crippen LogP contribution in [0.5, 0.6) is 11.5 Å². The van der Waals surface area contributed by atoms with Gasteiger partial charge in [0.05, 0.1) is 14.2 Å². The lowest BCUT2D eigenvalue weighted by Crippen LogP contribution is -2.45. The Labute approximate surface area is 142 Å². The minimum Gasteiger partial charge on any atom is -0.493 e. The maximum Gasteiger partial charge on any atom is 0.226 e. The van der Waals surface area contributed by atoms with Crippen molar-refractivity contribution in [2.24, 2.45) is 5.92 Å². The number of piperidine rings is 1. The fourth-order valence-corrected chi connectivity index (χ4v) is 3.48. The summed E-state index contributed by atoms with van der Waals surface area (Å²) in [5.41, 5.74) is 2.28. The highest BCUT2D eigenvalue weighted by molar-refractivity contribution is 5.87. The molecule has 2 aliphatic rings. The molecule has 3 rings (SSSR count). The van der Waals surface area contributed by atoms with Gasteiger partial charge in [-0.05, 0) is 36.1 Å². The van der Waals surface area contributed by atoms with Crippen LogP contribution >= 0.6 is 0 Å². The topological polar surface area (TPSA) is 59.1 Å². The summed E-state index contributed by atoms with van der Waals surface area (Å²) < 4.78 is 10.7. The van der Waals surface area contributed by atoms with E-state index >= 15 is 0 Å². The molecule has 1 aromatic rings. The molecule has 2 aliphatic heterocycles. The van der Waals surface area contributed by atoms with Gasteiger partial charge in [0.15, 0.2) is 11.5 Å². The minimum absolute atomic E-state index is 0.0587. The van der Waals surface area contributed by atoms with Crippen LogP contribution < -0.4 is 9.47 Å². The van der Waals surface area contributed by atoms with E-state index in [1.165, 1.54) is 5.56 Å². The SMILES string of the molecule is COc1cc2c(cc1OC)CN(C(=O)C1CCN(C)C(=O)C1)CC2. The Morgan fingerprint density at radius 3 is 2.42 bits per heavy atom. The average Bonchev–Trinajstić information content (AvgIpc) is 2.61. The van der Waals surface area contributed by atoms with E-state index in [1.54, 1.807) is 26.2 Å². The lowest BCUT2D eigenvalue weighted by molar-refractivity contribution is -0.145. The van der Waals surface area contributed by atoms with Crippen molar-refractivity contribution in [2.45, 2.75) is 25.8 Å². The molecular weight excluding hydrogens is 308 g/mol. The molecule has 0 spiro atoms. The van der Waals surface area contributed by atoms with Gasteiger partial charge in [0, 0.05) is 39.0 Å². The van der Waals surface area contributed by atoms with Crippen LogP contribution in [-0.2, 0) is 22.6 Å². The van der Waals surface area contributed by atoms with Crippen molar-refractivity contribution in [2.75, 3.05) is 34.4 Å². The Morgan fingerprint density at radius 1 is 1.12 bits per heavy atom. The summed E-state index contributed by atoms with van der Waals surface area (Å²) in [6.07, 6.45) is 1.86. The van der Waals surface area contributed by atoms with Crippen molar-refractivity contribution >= 4 is 11.8 Å². The van der Waals surface area contributed by atoms with E-state index in [-0.39, 0.29) is 17.7 Å². The molecule has 6 nitrogen and oxygen atoms in total. The number of methoxy groups -OCH3 is 2. The van der Waals surface area contributed by atoms with Crippen LogP contribution in [0.2, 0.25) is 0 Å². The average molecular weight is 332 g/mol. The molecule has 2 amide bonds. The van der Waals surface area contributed by atoms with Crippen molar-refractivity contribution in [3.8, 4) is 11.5 Å². The maximum absolute atomic E-state index is 12.8. The number of amides is 2. The number of likely N-dealkylation sites (tertiary alicyclic amines) is 1. The van der Waals surface area contributed by atoms with Crippen LogP contribution in [0.4, 0.5) is 0 Å². The van der Waals surface area contributed by atoms with Crippen molar-refractivity contribution in [1.82, 2.24) is 9.80 Å². The molecule has 130 valence electrons. The first kappa shape index (κ1) is 16.6. The number of benzene rings is 1. The van der Waals surface area contributed by atoms with Gasteiger partial charge in [-0.15, -0.1) is 0 Å². The van der Waals surface area contributed by atoms with E-state index in [0.29, 0.717) is 31.8 Å². The largest absolute Gasteiger partial charge is 0.493 e. The first-order chi connectivity index (χ1) is 11.5. The molecule has 2 heterocycles. The molecular formula is C18H24N2O4. The van der Waals surface area contributed by atoms with Gasteiger partial charge in [0.25, 0.3) is 0 Å². The van der Waals surface area contributed by atoms with Gasteiger partial charge < -0.3 is 19.3 Å². The second kappa shape index (κ2) is 6.71. The highest BCUT2D eigenvalue weighted by Gasteiger charge is 2.33. The third kappa shape index (κ3) is 3.05. The Bertz CT molecular complexity index is 659. The van der Waals surface area contributed by atoms with Crippen molar-refractivity contribution in [1.29, 1.82) is 0 Å². The Morgan fingerprint density at radius 2 is 1.79 bits per heavy atom. The summed E-state index contributed by atoms with van der Waals surface area (Å²) in [5, 5.41) is 0. The van der Waals surface area contributed by atoms with Crippen LogP contribution in [0, 0.1) is 5.92 Å². The number of ether oxygens (including phenoxy) is 2. The standard InChI is InChI=1S/C18H24N2O4/c1-19-6-4-13(10-17(19)21)18(22)20-7-5-12-8-15(23-2)16(24-3)9-14(12)11-20/h8-9,13H,4-7,10-11H2,1-3H3. The molecule has 6 heteroatoms. The molecule has 0 saturated carbocycles. The Hall–Kier alpha value is -2.24. The molecule has 0 aromatic heterocycles. The predicted octanol–water partition coefficient (Wildman–Crippen LogP) is 1.46. The number of fused-ring (bicyclic) bond motifs is 1. The number of hydrogen-bond donors (Lipinski definition) is 0. The van der Waals surface area contributed by atoms with E-state index in [2.05, 4.69) is 0 Å². The molecule has 1 fully saturated rings. The molecule has 0 N–H and O–H groups in total. The van der Waals surface area contributed by atoms with Crippen LogP contribution in [0.1, 0.15) is 24.0 Å². The van der Waals surface area contributed by atoms with E-state index in [4.69, 9.17) is 9.47 Å². The molecule has 1 unspecified atom stereocenters. The van der Waals surface area contributed by atoms with Gasteiger partial charge in [0.1, 0.15) is 0 Å². The zero-order valence-electron chi connectivity index (χ0n) is 14.5. The minimum atomic E-state index is -0.185. The molecule has 1 saturated heterocycles. The summed E-state index contributed by atoms with van der Waals surface area (Å²) in [6.45, 7) is 1.90. The van der Waals surface area contributed by atoms with Crippen LogP contribution in [0.15, 0.2) is 12.1 Å². The van der Waals surface area contributed by atoms with Gasteiger partial charge in [0.2, 0.25) is 11.8 Å². The second-order valence-corrected chi connectivity index (χ2v) is 6.49. The number of carbonyl (C=O) groups excluding carboxylic acids is 2. The zero-order valence-corrected chi connectivity index (χ0v) is 14.5. The lowest BCUT2D eigenvalue weighted by atomic mass is 9.92. The highest BCUT2D eigenvalue weighted by atomic mass is 16.5. The van der Waals surface area contributed by atoms with Crippen LogP contribution in [-0.4, -0.2) is 56.0 Å². The van der Waals surface area contributed by atoms with Crippen molar-refractivity contribution in [3.63, 3.8) is 0 Å². The Kier molecular flexibility index (Phi) is 4.64. The zero-order chi connectivity index (χ0) is 17.3. The Balaban J connectivity index is 1.75. The number of hydrogen-bond acceptors (Lipinski definition) is 4. The molecule has 1 aromatic carbocycles. The van der Waals surface area contributed by atoms with Gasteiger partial charge in [-0.1, -0.05) is 0 Å². The second-order valence-electron chi connectivity index (χ2n) is 6.49. The van der Waals surface area contributed by atoms with Gasteiger partial charge in [-0.2, -0.15) is 0 Å². The first-order valence-corrected chi connectivity index (χ1v) is 8.30. The molecule has 0 radical (unpaired) electrons. The predicted molar refractivity (Wildman–Crippen MR) is 89.0 cm³/mol.